The number of piperazine rings is 1. The van der Waals surface area contributed by atoms with Crippen molar-refractivity contribution in [1.82, 2.24) is 20.4 Å². The van der Waals surface area contributed by atoms with Gasteiger partial charge in [0.25, 0.3) is 0 Å². The van der Waals surface area contributed by atoms with E-state index in [9.17, 15) is 0 Å². The van der Waals surface area contributed by atoms with Crippen molar-refractivity contribution in [3.05, 3.63) is 24.3 Å². The SMILES string of the molecule is c1cc(-c2nc(CN3CCNCC3)co2)no1. The molecule has 1 N–H and O–H groups in total. The van der Waals surface area contributed by atoms with Crippen LogP contribution in [0.15, 0.2) is 27.5 Å². The first-order valence-corrected chi connectivity index (χ1v) is 5.70. The van der Waals surface area contributed by atoms with Gasteiger partial charge >= 0.3 is 0 Å². The Bertz CT molecular complexity index is 460. The van der Waals surface area contributed by atoms with Crippen molar-refractivity contribution in [3.63, 3.8) is 0 Å². The molecule has 0 radical (unpaired) electrons. The van der Waals surface area contributed by atoms with Crippen LogP contribution in [0.5, 0.6) is 0 Å². The Morgan fingerprint density at radius 2 is 2.24 bits per heavy atom. The maximum atomic E-state index is 5.37. The number of nitrogens with zero attached hydrogens (tertiary/aromatic N) is 3. The van der Waals surface area contributed by atoms with Gasteiger partial charge < -0.3 is 14.3 Å². The number of aromatic nitrogens is 2. The highest BCUT2D eigenvalue weighted by molar-refractivity contribution is 5.44. The van der Waals surface area contributed by atoms with Gasteiger partial charge in [0.2, 0.25) is 5.89 Å². The lowest BCUT2D eigenvalue weighted by Crippen LogP contribution is -2.42. The zero-order chi connectivity index (χ0) is 11.5. The van der Waals surface area contributed by atoms with Gasteiger partial charge in [-0.1, -0.05) is 5.16 Å². The average Bonchev–Trinajstić information content (AvgIpc) is 3.00. The maximum absolute atomic E-state index is 5.37. The summed E-state index contributed by atoms with van der Waals surface area (Å²) in [6, 6.07) is 1.74. The molecule has 0 aromatic carbocycles. The molecular weight excluding hydrogens is 220 g/mol. The fourth-order valence-corrected chi connectivity index (χ4v) is 1.92. The van der Waals surface area contributed by atoms with Gasteiger partial charge in [0.1, 0.15) is 12.5 Å². The first-order chi connectivity index (χ1) is 8.42. The normalized spacial score (nSPS) is 17.4. The van der Waals surface area contributed by atoms with Gasteiger partial charge in [-0.05, 0) is 0 Å². The zero-order valence-electron chi connectivity index (χ0n) is 9.43. The van der Waals surface area contributed by atoms with Gasteiger partial charge in [0, 0.05) is 38.8 Å². The zero-order valence-corrected chi connectivity index (χ0v) is 9.43. The van der Waals surface area contributed by atoms with E-state index in [1.54, 1.807) is 12.3 Å². The monoisotopic (exact) mass is 234 g/mol. The van der Waals surface area contributed by atoms with Crippen LogP contribution in [-0.4, -0.2) is 41.2 Å². The maximum Gasteiger partial charge on any atom is 0.248 e. The molecule has 2 aromatic heterocycles. The van der Waals surface area contributed by atoms with Crippen LogP contribution in [0.4, 0.5) is 0 Å². The molecule has 6 nitrogen and oxygen atoms in total. The summed E-state index contributed by atoms with van der Waals surface area (Å²) in [5, 5.41) is 7.11. The van der Waals surface area contributed by atoms with Crippen molar-refractivity contribution in [1.29, 1.82) is 0 Å². The van der Waals surface area contributed by atoms with Crippen molar-refractivity contribution < 1.29 is 8.94 Å². The van der Waals surface area contributed by atoms with Crippen LogP contribution in [0.25, 0.3) is 11.6 Å². The van der Waals surface area contributed by atoms with E-state index in [-0.39, 0.29) is 0 Å². The van der Waals surface area contributed by atoms with Crippen molar-refractivity contribution in [2.24, 2.45) is 0 Å². The Labute approximate surface area is 98.6 Å². The summed E-state index contributed by atoms with van der Waals surface area (Å²) in [6.07, 6.45) is 3.20. The topological polar surface area (TPSA) is 67.3 Å². The second kappa shape index (κ2) is 4.68. The van der Waals surface area contributed by atoms with E-state index in [2.05, 4.69) is 20.4 Å². The lowest BCUT2D eigenvalue weighted by atomic mass is 10.3. The molecule has 17 heavy (non-hydrogen) atoms. The predicted octanol–water partition coefficient (Wildman–Crippen LogP) is 0.735. The molecule has 0 saturated carbocycles. The van der Waals surface area contributed by atoms with Crippen molar-refractivity contribution in [2.75, 3.05) is 26.2 Å². The minimum Gasteiger partial charge on any atom is -0.443 e. The quantitative estimate of drug-likeness (QED) is 0.844. The van der Waals surface area contributed by atoms with Crippen molar-refractivity contribution in [3.8, 4) is 11.6 Å². The smallest absolute Gasteiger partial charge is 0.248 e. The van der Waals surface area contributed by atoms with Crippen LogP contribution in [-0.2, 0) is 6.54 Å². The molecule has 0 unspecified atom stereocenters. The van der Waals surface area contributed by atoms with Gasteiger partial charge in [-0.3, -0.25) is 4.90 Å². The molecule has 1 aliphatic rings. The largest absolute Gasteiger partial charge is 0.443 e. The molecule has 0 atom stereocenters. The summed E-state index contributed by atoms with van der Waals surface area (Å²) >= 11 is 0. The number of rotatable bonds is 3. The summed E-state index contributed by atoms with van der Waals surface area (Å²) in [6.45, 7) is 4.99. The second-order valence-electron chi connectivity index (χ2n) is 4.05. The summed E-state index contributed by atoms with van der Waals surface area (Å²) < 4.78 is 10.1. The first-order valence-electron chi connectivity index (χ1n) is 5.70. The van der Waals surface area contributed by atoms with Crippen molar-refractivity contribution >= 4 is 0 Å². The molecule has 1 saturated heterocycles. The van der Waals surface area contributed by atoms with E-state index in [0.29, 0.717) is 11.6 Å². The Hall–Kier alpha value is -1.66. The Morgan fingerprint density at radius 1 is 1.35 bits per heavy atom. The molecule has 90 valence electrons. The van der Waals surface area contributed by atoms with Gasteiger partial charge in [-0.25, -0.2) is 4.98 Å². The van der Waals surface area contributed by atoms with E-state index in [1.165, 1.54) is 6.26 Å². The van der Waals surface area contributed by atoms with Crippen LogP contribution in [0.1, 0.15) is 5.69 Å². The number of nitrogens with one attached hydrogen (secondary N) is 1. The highest BCUT2D eigenvalue weighted by Crippen LogP contribution is 2.16. The van der Waals surface area contributed by atoms with E-state index in [4.69, 9.17) is 8.94 Å². The second-order valence-corrected chi connectivity index (χ2v) is 4.05. The molecule has 0 amide bonds. The Morgan fingerprint density at radius 3 is 3.00 bits per heavy atom. The Balaban J connectivity index is 1.68. The molecule has 1 fully saturated rings. The van der Waals surface area contributed by atoms with Crippen LogP contribution in [0.3, 0.4) is 0 Å². The molecule has 6 heteroatoms. The fraction of sp³-hybridized carbons (Fsp3) is 0.455. The molecule has 2 aromatic rings. The van der Waals surface area contributed by atoms with Crippen molar-refractivity contribution in [2.45, 2.75) is 6.54 Å². The fourth-order valence-electron chi connectivity index (χ4n) is 1.92. The molecule has 0 aliphatic carbocycles. The summed E-state index contributed by atoms with van der Waals surface area (Å²) in [4.78, 5) is 6.74. The standard InChI is InChI=1S/C11H14N4O2/c1-6-17-14-10(1)11-13-9(8-16-11)7-15-4-2-12-3-5-15/h1,6,8,12H,2-5,7H2. The van der Waals surface area contributed by atoms with E-state index >= 15 is 0 Å². The summed E-state index contributed by atoms with van der Waals surface area (Å²) in [5.41, 5.74) is 1.57. The number of oxazole rings is 1. The predicted molar refractivity (Wildman–Crippen MR) is 60.1 cm³/mol. The molecular formula is C11H14N4O2. The molecule has 1 aliphatic heterocycles. The third-order valence-corrected chi connectivity index (χ3v) is 2.80. The van der Waals surface area contributed by atoms with Crippen LogP contribution in [0.2, 0.25) is 0 Å². The third kappa shape index (κ3) is 2.37. The first kappa shape index (κ1) is 10.5. The van der Waals surface area contributed by atoms with E-state index < -0.39 is 0 Å². The van der Waals surface area contributed by atoms with Gasteiger partial charge in [0.05, 0.1) is 5.69 Å². The van der Waals surface area contributed by atoms with Gasteiger partial charge in [-0.15, -0.1) is 0 Å². The van der Waals surface area contributed by atoms with E-state index in [0.717, 1.165) is 38.4 Å². The lowest BCUT2D eigenvalue weighted by Gasteiger charge is -2.25. The summed E-state index contributed by atoms with van der Waals surface area (Å²) in [5.74, 6) is 0.517. The molecule has 3 rings (SSSR count). The minimum absolute atomic E-state index is 0.517. The lowest BCUT2D eigenvalue weighted by molar-refractivity contribution is 0.230. The van der Waals surface area contributed by atoms with Gasteiger partial charge in [0.15, 0.2) is 5.69 Å². The van der Waals surface area contributed by atoms with Crippen LogP contribution in [0, 0.1) is 0 Å². The van der Waals surface area contributed by atoms with E-state index in [1.807, 2.05) is 0 Å². The van der Waals surface area contributed by atoms with Crippen LogP contribution >= 0.6 is 0 Å². The molecule has 3 heterocycles. The molecule has 0 spiro atoms. The number of hydrogen-bond donors (Lipinski definition) is 1. The Kier molecular flexibility index (Phi) is 2.89. The number of hydrogen-bond acceptors (Lipinski definition) is 6. The summed E-state index contributed by atoms with van der Waals surface area (Å²) in [7, 11) is 0. The third-order valence-electron chi connectivity index (χ3n) is 2.80. The van der Waals surface area contributed by atoms with Crippen LogP contribution < -0.4 is 5.32 Å². The highest BCUT2D eigenvalue weighted by Gasteiger charge is 2.14. The minimum atomic E-state index is 0.517. The molecule has 0 bridgehead atoms. The average molecular weight is 234 g/mol. The highest BCUT2D eigenvalue weighted by atomic mass is 16.5. The van der Waals surface area contributed by atoms with Gasteiger partial charge in [-0.2, -0.15) is 0 Å².